The predicted molar refractivity (Wildman–Crippen MR) is 272 cm³/mol. The Morgan fingerprint density at radius 2 is 1.43 bits per heavy atom. The monoisotopic (exact) mass is 809 g/mol. The number of H-pyrrole nitrogens is 1. The fraction of sp³-hybridized carbons (Fsp3) is 0.143. The van der Waals surface area contributed by atoms with Gasteiger partial charge in [-0.3, -0.25) is 0 Å². The summed E-state index contributed by atoms with van der Waals surface area (Å²) in [6.07, 6.45) is 25.9. The van der Waals surface area contributed by atoms with E-state index in [4.69, 9.17) is 10.2 Å². The van der Waals surface area contributed by atoms with E-state index in [1.165, 1.54) is 18.0 Å². The highest BCUT2D eigenvalue weighted by molar-refractivity contribution is 6.06. The second-order valence-electron chi connectivity index (χ2n) is 13.4. The first-order chi connectivity index (χ1) is 29.8. The Bertz CT molecular complexity index is 2630. The second kappa shape index (κ2) is 25.4. The van der Waals surface area contributed by atoms with Crippen LogP contribution in [-0.2, 0) is 0 Å². The number of hydrogen-bond donors (Lipinski definition) is 4. The van der Waals surface area contributed by atoms with Crippen LogP contribution in [0.2, 0.25) is 0 Å². The summed E-state index contributed by atoms with van der Waals surface area (Å²) in [4.78, 5) is 3.36. The number of rotatable bonds is 14. The molecule has 1 unspecified atom stereocenters. The third-order valence-corrected chi connectivity index (χ3v) is 9.69. The van der Waals surface area contributed by atoms with Gasteiger partial charge in [-0.1, -0.05) is 168 Å². The van der Waals surface area contributed by atoms with Crippen LogP contribution < -0.4 is 16.8 Å². The zero-order chi connectivity index (χ0) is 44.7. The first-order valence-electron chi connectivity index (χ1n) is 20.7. The quantitative estimate of drug-likeness (QED) is 0.0651. The molecule has 0 spiro atoms. The lowest BCUT2D eigenvalue weighted by molar-refractivity contribution is 0.669. The van der Waals surface area contributed by atoms with Crippen LogP contribution in [0.1, 0.15) is 70.0 Å². The van der Waals surface area contributed by atoms with Crippen LogP contribution in [-0.4, -0.2) is 12.0 Å². The molecule has 1 atom stereocenters. The molecule has 0 aliphatic rings. The van der Waals surface area contributed by atoms with Gasteiger partial charge in [0.2, 0.25) is 0 Å². The molecule has 0 radical (unpaired) electrons. The number of anilines is 1. The molecule has 2 aromatic heterocycles. The Morgan fingerprint density at radius 1 is 0.754 bits per heavy atom. The molecule has 6 N–H and O–H groups in total. The maximum absolute atomic E-state index is 6.46. The van der Waals surface area contributed by atoms with Gasteiger partial charge in [-0.15, -0.1) is 0 Å². The van der Waals surface area contributed by atoms with Crippen LogP contribution in [0.5, 0.6) is 0 Å². The maximum atomic E-state index is 6.46. The van der Waals surface area contributed by atoms with E-state index in [0.717, 1.165) is 72.3 Å². The predicted octanol–water partition coefficient (Wildman–Crippen LogP) is 15.2. The number of benzene rings is 4. The lowest BCUT2D eigenvalue weighted by Gasteiger charge is -2.25. The van der Waals surface area contributed by atoms with E-state index in [-0.39, 0.29) is 6.04 Å². The maximum Gasteiger partial charge on any atom is 0.135 e. The summed E-state index contributed by atoms with van der Waals surface area (Å²) in [5, 5.41) is 7.19. The van der Waals surface area contributed by atoms with Gasteiger partial charge >= 0.3 is 0 Å². The zero-order valence-electron chi connectivity index (χ0n) is 37.1. The van der Waals surface area contributed by atoms with E-state index in [1.807, 2.05) is 132 Å². The van der Waals surface area contributed by atoms with Gasteiger partial charge in [-0.05, 0) is 105 Å². The SMILES string of the molecule is C=C/C=C\C(NC(C(/C=C\C)=C/C=C)c1ccccc1N)=C(/C)C(=C)/C=C\C(=C/C)c1ccc2oc3ccccc3c2c1.C=Cc1c(/C=C\C)[nH]c2ccccc12.CC.CN. The number of fused-ring (bicyclic) bond motifs is 4. The van der Waals surface area contributed by atoms with Crippen LogP contribution in [0, 0.1) is 0 Å². The van der Waals surface area contributed by atoms with Crippen molar-refractivity contribution in [1.82, 2.24) is 10.3 Å². The normalized spacial score (nSPS) is 12.7. The molecule has 0 bridgehead atoms. The number of furan rings is 1. The summed E-state index contributed by atoms with van der Waals surface area (Å²) in [5.74, 6) is 0. The number of hydrogen-bond acceptors (Lipinski definition) is 4. The Kier molecular flexibility index (Phi) is 20.1. The molecule has 314 valence electrons. The molecule has 4 aromatic carbocycles. The molecule has 0 saturated heterocycles. The van der Waals surface area contributed by atoms with Crippen molar-refractivity contribution in [2.24, 2.45) is 5.73 Å². The van der Waals surface area contributed by atoms with E-state index in [2.05, 4.69) is 110 Å². The molecule has 2 heterocycles. The van der Waals surface area contributed by atoms with Gasteiger partial charge in [0.25, 0.3) is 0 Å². The van der Waals surface area contributed by atoms with Gasteiger partial charge in [-0.2, -0.15) is 0 Å². The molecule has 61 heavy (non-hydrogen) atoms. The summed E-state index contributed by atoms with van der Waals surface area (Å²) in [7, 11) is 1.50. The van der Waals surface area contributed by atoms with E-state index < -0.39 is 0 Å². The summed E-state index contributed by atoms with van der Waals surface area (Å²) >= 11 is 0. The van der Waals surface area contributed by atoms with Crippen LogP contribution in [0.4, 0.5) is 5.69 Å². The van der Waals surface area contributed by atoms with Crippen LogP contribution in [0.3, 0.4) is 0 Å². The van der Waals surface area contributed by atoms with Crippen molar-refractivity contribution in [2.45, 2.75) is 47.6 Å². The lowest BCUT2D eigenvalue weighted by Crippen LogP contribution is -2.23. The summed E-state index contributed by atoms with van der Waals surface area (Å²) in [5.41, 5.74) is 23.9. The van der Waals surface area contributed by atoms with Gasteiger partial charge < -0.3 is 26.2 Å². The lowest BCUT2D eigenvalue weighted by atomic mass is 9.94. The van der Waals surface area contributed by atoms with Crippen LogP contribution in [0.15, 0.2) is 211 Å². The third-order valence-electron chi connectivity index (χ3n) is 9.69. The molecule has 0 aliphatic heterocycles. The van der Waals surface area contributed by atoms with Crippen LogP contribution >= 0.6 is 0 Å². The highest BCUT2D eigenvalue weighted by Crippen LogP contribution is 2.33. The average Bonchev–Trinajstić information content (AvgIpc) is 3.85. The molecule has 0 aliphatic carbocycles. The van der Waals surface area contributed by atoms with Crippen molar-refractivity contribution in [2.75, 3.05) is 12.8 Å². The van der Waals surface area contributed by atoms with Gasteiger partial charge in [0.05, 0.1) is 6.04 Å². The topological polar surface area (TPSA) is 93.0 Å². The minimum absolute atomic E-state index is 0.214. The van der Waals surface area contributed by atoms with Crippen molar-refractivity contribution in [3.8, 4) is 0 Å². The summed E-state index contributed by atoms with van der Waals surface area (Å²) < 4.78 is 6.03. The summed E-state index contributed by atoms with van der Waals surface area (Å²) in [6, 6.07) is 30.4. The Balaban J connectivity index is 0.000000458. The van der Waals surface area contributed by atoms with Crippen molar-refractivity contribution in [1.29, 1.82) is 0 Å². The number of nitrogens with one attached hydrogen (secondary N) is 2. The number of aromatic nitrogens is 1. The molecule has 0 amide bonds. The van der Waals surface area contributed by atoms with E-state index in [0.29, 0.717) is 5.69 Å². The molecule has 5 nitrogen and oxygen atoms in total. The first-order valence-corrected chi connectivity index (χ1v) is 20.7. The van der Waals surface area contributed by atoms with Crippen LogP contribution in [0.25, 0.3) is 50.6 Å². The minimum Gasteiger partial charge on any atom is -0.456 e. The molecule has 0 saturated carbocycles. The van der Waals surface area contributed by atoms with E-state index >= 15 is 0 Å². The number of para-hydroxylation sites is 3. The van der Waals surface area contributed by atoms with Crippen molar-refractivity contribution in [3.63, 3.8) is 0 Å². The van der Waals surface area contributed by atoms with Gasteiger partial charge in [-0.25, -0.2) is 0 Å². The number of allylic oxidation sites excluding steroid dienone is 13. The highest BCUT2D eigenvalue weighted by atomic mass is 16.3. The molecular formula is C56H64N4O. The van der Waals surface area contributed by atoms with Crippen molar-refractivity contribution < 1.29 is 4.42 Å². The van der Waals surface area contributed by atoms with Crippen molar-refractivity contribution in [3.05, 3.63) is 229 Å². The van der Waals surface area contributed by atoms with E-state index in [9.17, 15) is 0 Å². The smallest absolute Gasteiger partial charge is 0.135 e. The minimum atomic E-state index is -0.214. The second-order valence-corrected chi connectivity index (χ2v) is 13.4. The average molecular weight is 809 g/mol. The number of aromatic amines is 1. The highest BCUT2D eigenvalue weighted by Gasteiger charge is 2.19. The largest absolute Gasteiger partial charge is 0.456 e. The standard InChI is InChI=1S/C40H40N2O.C13H13N.C2H6.CH5N/c1-7-11-21-37(42-40(31(16-8-2)17-9-3)34-19-12-14-20-36(34)41)29(6)28(5)23-24-30(10-4)32-25-26-39-35(27-32)33-18-13-15-22-38(33)43-39;1-3-7-12-10(4-2)11-8-5-6-9-13(11)14-12;2*1-2/h7-27,40,42H,1-2,5,41H2,3-4,6H3;3-9,14H,2H2,1H3;1-2H3;2H2,1H3/b17-9-,21-11-,24-23-,30-10+,31-16+,37-29-;7-3-;;. The van der Waals surface area contributed by atoms with E-state index in [1.54, 1.807) is 12.2 Å². The number of nitrogen functional groups attached to an aromatic ring is 1. The van der Waals surface area contributed by atoms with Gasteiger partial charge in [0.1, 0.15) is 11.2 Å². The number of nitrogens with two attached hydrogens (primary N) is 2. The Morgan fingerprint density at radius 3 is 2.08 bits per heavy atom. The fourth-order valence-corrected chi connectivity index (χ4v) is 6.75. The first kappa shape index (κ1) is 48.3. The van der Waals surface area contributed by atoms with Crippen molar-refractivity contribution >= 4 is 56.3 Å². The third kappa shape index (κ3) is 12.5. The molecule has 0 fully saturated rings. The molecule has 6 rings (SSSR count). The molecule has 5 heteroatoms. The Labute approximate surface area is 364 Å². The van der Waals surface area contributed by atoms with Gasteiger partial charge in [0, 0.05) is 49.9 Å². The van der Waals surface area contributed by atoms with Gasteiger partial charge in [0.15, 0.2) is 0 Å². The Hall–Kier alpha value is -7.08. The zero-order valence-corrected chi connectivity index (χ0v) is 37.1. The molecular weight excluding hydrogens is 745 g/mol. The fourth-order valence-electron chi connectivity index (χ4n) is 6.75. The summed E-state index contributed by atoms with van der Waals surface area (Å²) in [6.45, 7) is 28.2. The molecule has 6 aromatic rings.